The molecule has 2 nitrogen and oxygen atoms in total. The van der Waals surface area contributed by atoms with Crippen molar-refractivity contribution < 1.29 is 5.11 Å². The predicted octanol–water partition coefficient (Wildman–Crippen LogP) is 1.78. The number of piperidine rings is 1. The number of hydrogen-bond acceptors (Lipinski definition) is 3. The Labute approximate surface area is 90.8 Å². The Hall–Kier alpha value is 0.270. The minimum Gasteiger partial charge on any atom is -0.387 e. The van der Waals surface area contributed by atoms with Crippen LogP contribution in [0.3, 0.4) is 0 Å². The van der Waals surface area contributed by atoms with Gasteiger partial charge in [-0.3, -0.25) is 0 Å². The van der Waals surface area contributed by atoms with Crippen LogP contribution in [0, 0.1) is 0 Å². The van der Waals surface area contributed by atoms with Crippen LogP contribution in [0.1, 0.15) is 39.0 Å². The zero-order valence-corrected chi connectivity index (χ0v) is 9.78. The molecule has 0 spiro atoms. The van der Waals surface area contributed by atoms with Crippen LogP contribution < -0.4 is 5.32 Å². The van der Waals surface area contributed by atoms with E-state index in [2.05, 4.69) is 12.2 Å². The molecular weight excluding hydrogens is 194 g/mol. The van der Waals surface area contributed by atoms with Crippen LogP contribution in [0.4, 0.5) is 0 Å². The molecule has 2 fully saturated rings. The van der Waals surface area contributed by atoms with E-state index in [9.17, 15) is 5.11 Å². The summed E-state index contributed by atoms with van der Waals surface area (Å²) in [5.74, 6) is 1.22. The third kappa shape index (κ3) is 1.95. The van der Waals surface area contributed by atoms with Crippen molar-refractivity contribution >= 4 is 11.8 Å². The van der Waals surface area contributed by atoms with Gasteiger partial charge >= 0.3 is 0 Å². The zero-order chi connectivity index (χ0) is 10.0. The second-order valence-corrected chi connectivity index (χ2v) is 6.06. The largest absolute Gasteiger partial charge is 0.387 e. The molecule has 2 N–H and O–H groups in total. The minimum atomic E-state index is -0.441. The van der Waals surface area contributed by atoms with Gasteiger partial charge in [-0.15, -0.1) is 0 Å². The monoisotopic (exact) mass is 215 g/mol. The molecule has 3 heteroatoms. The van der Waals surface area contributed by atoms with E-state index in [1.54, 1.807) is 0 Å². The fourth-order valence-corrected chi connectivity index (χ4v) is 3.93. The Morgan fingerprint density at radius 2 is 2.21 bits per heavy atom. The van der Waals surface area contributed by atoms with Gasteiger partial charge in [0.05, 0.1) is 5.60 Å². The van der Waals surface area contributed by atoms with E-state index in [0.29, 0.717) is 11.3 Å². The zero-order valence-electron chi connectivity index (χ0n) is 8.96. The molecule has 0 aromatic rings. The number of thioether (sulfide) groups is 1. The Morgan fingerprint density at radius 1 is 1.36 bits per heavy atom. The van der Waals surface area contributed by atoms with Gasteiger partial charge in [-0.1, -0.05) is 13.3 Å². The van der Waals surface area contributed by atoms with Gasteiger partial charge in [-0.05, 0) is 38.0 Å². The highest BCUT2D eigenvalue weighted by Gasteiger charge is 2.43. The Balaban J connectivity index is 2.03. The molecule has 0 amide bonds. The number of aliphatic hydroxyl groups is 1. The summed E-state index contributed by atoms with van der Waals surface area (Å²) in [5.41, 5.74) is -0.441. The molecule has 2 saturated heterocycles. The molecule has 0 aromatic carbocycles. The Bertz CT molecular complexity index is 194. The average molecular weight is 215 g/mol. The van der Waals surface area contributed by atoms with Crippen LogP contribution in [0.15, 0.2) is 0 Å². The first-order chi connectivity index (χ1) is 6.73. The first-order valence-electron chi connectivity index (χ1n) is 5.81. The van der Waals surface area contributed by atoms with Gasteiger partial charge in [0, 0.05) is 11.3 Å². The van der Waals surface area contributed by atoms with Crippen LogP contribution in [0.5, 0.6) is 0 Å². The van der Waals surface area contributed by atoms with Gasteiger partial charge in [-0.25, -0.2) is 0 Å². The van der Waals surface area contributed by atoms with E-state index in [0.717, 1.165) is 19.4 Å². The summed E-state index contributed by atoms with van der Waals surface area (Å²) in [6, 6.07) is 0.346. The Kier molecular flexibility index (Phi) is 3.40. The maximum absolute atomic E-state index is 10.7. The van der Waals surface area contributed by atoms with Crippen molar-refractivity contribution in [2.45, 2.75) is 55.9 Å². The highest BCUT2D eigenvalue weighted by Crippen LogP contribution is 2.38. The van der Waals surface area contributed by atoms with Gasteiger partial charge in [0.15, 0.2) is 0 Å². The van der Waals surface area contributed by atoms with Crippen molar-refractivity contribution in [2.24, 2.45) is 0 Å². The molecule has 0 aromatic heterocycles. The lowest BCUT2D eigenvalue weighted by Gasteiger charge is -2.45. The van der Waals surface area contributed by atoms with Crippen LogP contribution in [0.25, 0.3) is 0 Å². The molecule has 2 rings (SSSR count). The molecule has 2 aliphatic rings. The predicted molar refractivity (Wildman–Crippen MR) is 61.7 cm³/mol. The summed E-state index contributed by atoms with van der Waals surface area (Å²) in [6.45, 7) is 3.27. The summed E-state index contributed by atoms with van der Waals surface area (Å²) in [5, 5.41) is 14.6. The SMILES string of the molecule is CC1SCCCC1(O)C1CCCCN1. The van der Waals surface area contributed by atoms with Crippen LogP contribution in [0.2, 0.25) is 0 Å². The maximum atomic E-state index is 10.7. The van der Waals surface area contributed by atoms with Crippen molar-refractivity contribution in [2.75, 3.05) is 12.3 Å². The first kappa shape index (κ1) is 10.8. The minimum absolute atomic E-state index is 0.346. The van der Waals surface area contributed by atoms with E-state index in [-0.39, 0.29) is 0 Å². The van der Waals surface area contributed by atoms with Gasteiger partial charge in [0.1, 0.15) is 0 Å². The van der Waals surface area contributed by atoms with E-state index in [1.807, 2.05) is 11.8 Å². The summed E-state index contributed by atoms with van der Waals surface area (Å²) in [6.07, 6.45) is 5.86. The van der Waals surface area contributed by atoms with Gasteiger partial charge in [-0.2, -0.15) is 11.8 Å². The van der Waals surface area contributed by atoms with Gasteiger partial charge in [0.25, 0.3) is 0 Å². The molecule has 0 saturated carbocycles. The van der Waals surface area contributed by atoms with E-state index in [1.165, 1.54) is 25.0 Å². The fraction of sp³-hybridized carbons (Fsp3) is 1.00. The van der Waals surface area contributed by atoms with E-state index in [4.69, 9.17) is 0 Å². The number of hydrogen-bond donors (Lipinski definition) is 2. The maximum Gasteiger partial charge on any atom is 0.0915 e. The smallest absolute Gasteiger partial charge is 0.0915 e. The lowest BCUT2D eigenvalue weighted by molar-refractivity contribution is -0.0161. The molecule has 14 heavy (non-hydrogen) atoms. The van der Waals surface area contributed by atoms with Gasteiger partial charge in [0.2, 0.25) is 0 Å². The highest BCUT2D eigenvalue weighted by atomic mass is 32.2. The molecule has 0 radical (unpaired) electrons. The third-order valence-electron chi connectivity index (χ3n) is 3.71. The highest BCUT2D eigenvalue weighted by molar-refractivity contribution is 8.00. The van der Waals surface area contributed by atoms with Crippen LogP contribution >= 0.6 is 11.8 Å². The second-order valence-electron chi connectivity index (χ2n) is 4.61. The molecule has 3 unspecified atom stereocenters. The van der Waals surface area contributed by atoms with Crippen molar-refractivity contribution in [3.05, 3.63) is 0 Å². The summed E-state index contributed by atoms with van der Waals surface area (Å²) in [7, 11) is 0. The van der Waals surface area contributed by atoms with Crippen LogP contribution in [-0.2, 0) is 0 Å². The van der Waals surface area contributed by atoms with Crippen molar-refractivity contribution in [3.8, 4) is 0 Å². The average Bonchev–Trinajstić information content (AvgIpc) is 2.24. The molecule has 2 aliphatic heterocycles. The standard InChI is InChI=1S/C11H21NOS/c1-9-11(13,6-4-8-14-9)10-5-2-3-7-12-10/h9-10,12-13H,2-8H2,1H3. The first-order valence-corrected chi connectivity index (χ1v) is 6.86. The lowest BCUT2D eigenvalue weighted by Crippen LogP contribution is -2.58. The summed E-state index contributed by atoms with van der Waals surface area (Å²) >= 11 is 1.93. The number of rotatable bonds is 1. The van der Waals surface area contributed by atoms with E-state index < -0.39 is 5.60 Å². The molecule has 2 heterocycles. The molecule has 0 bridgehead atoms. The van der Waals surface area contributed by atoms with Crippen LogP contribution in [-0.4, -0.2) is 34.3 Å². The molecule has 3 atom stereocenters. The van der Waals surface area contributed by atoms with E-state index >= 15 is 0 Å². The van der Waals surface area contributed by atoms with Crippen molar-refractivity contribution in [3.63, 3.8) is 0 Å². The fourth-order valence-electron chi connectivity index (χ4n) is 2.70. The summed E-state index contributed by atoms with van der Waals surface area (Å²) < 4.78 is 0. The lowest BCUT2D eigenvalue weighted by atomic mass is 9.82. The number of nitrogens with one attached hydrogen (secondary N) is 1. The molecule has 82 valence electrons. The molecule has 0 aliphatic carbocycles. The summed E-state index contributed by atoms with van der Waals surface area (Å²) in [4.78, 5) is 0. The van der Waals surface area contributed by atoms with Crippen molar-refractivity contribution in [1.29, 1.82) is 0 Å². The normalized spacial score (nSPS) is 45.0. The topological polar surface area (TPSA) is 32.3 Å². The Morgan fingerprint density at radius 3 is 2.86 bits per heavy atom. The third-order valence-corrected chi connectivity index (χ3v) is 5.14. The molecular formula is C11H21NOS. The second kappa shape index (κ2) is 4.42. The van der Waals surface area contributed by atoms with Crippen molar-refractivity contribution in [1.82, 2.24) is 5.32 Å². The van der Waals surface area contributed by atoms with Gasteiger partial charge < -0.3 is 10.4 Å². The quantitative estimate of drug-likeness (QED) is 0.699.